The average molecular weight is 458 g/mol. The minimum absolute atomic E-state index is 0.0230. The summed E-state index contributed by atoms with van der Waals surface area (Å²) in [6.45, 7) is 0.141. The summed E-state index contributed by atoms with van der Waals surface area (Å²) in [5.41, 5.74) is 9.71. The highest BCUT2D eigenvalue weighted by Gasteiger charge is 2.29. The van der Waals surface area contributed by atoms with Gasteiger partial charge in [-0.2, -0.15) is 0 Å². The number of hydrogen-bond acceptors (Lipinski definition) is 5. The third-order valence-corrected chi connectivity index (χ3v) is 6.42. The van der Waals surface area contributed by atoms with Crippen LogP contribution in [0.5, 0.6) is 0 Å². The highest BCUT2D eigenvalue weighted by Crippen LogP contribution is 2.34. The van der Waals surface area contributed by atoms with Crippen LogP contribution >= 0.6 is 11.3 Å². The van der Waals surface area contributed by atoms with Gasteiger partial charge in [0.05, 0.1) is 11.2 Å². The zero-order chi connectivity index (χ0) is 22.8. The molecule has 7 nitrogen and oxygen atoms in total. The van der Waals surface area contributed by atoms with Crippen LogP contribution in [0.2, 0.25) is 0 Å². The Bertz CT molecular complexity index is 1350. The normalized spacial score (nSPS) is 13.8. The molecule has 5 N–H and O–H groups in total. The van der Waals surface area contributed by atoms with Crippen LogP contribution in [0.3, 0.4) is 0 Å². The number of pyridine rings is 1. The first-order valence-electron chi connectivity index (χ1n) is 10.8. The fraction of sp³-hybridized carbons (Fsp3) is 0.160. The number of hydrogen-bond donors (Lipinski definition) is 4. The summed E-state index contributed by atoms with van der Waals surface area (Å²) in [5.74, 6) is 0.440. The number of nitrogens with one attached hydrogen (secondary N) is 3. The molecule has 1 aromatic carbocycles. The summed E-state index contributed by atoms with van der Waals surface area (Å²) < 4.78 is 0. The molecule has 0 spiro atoms. The van der Waals surface area contributed by atoms with E-state index in [9.17, 15) is 9.59 Å². The largest absolute Gasteiger partial charge is 0.359 e. The number of anilines is 2. The monoisotopic (exact) mass is 457 g/mol. The van der Waals surface area contributed by atoms with Crippen LogP contribution < -0.4 is 16.4 Å². The maximum atomic E-state index is 12.9. The van der Waals surface area contributed by atoms with Gasteiger partial charge < -0.3 is 21.4 Å². The summed E-state index contributed by atoms with van der Waals surface area (Å²) in [4.78, 5) is 33.5. The van der Waals surface area contributed by atoms with Gasteiger partial charge in [0, 0.05) is 46.3 Å². The molecule has 0 radical (unpaired) electrons. The van der Waals surface area contributed by atoms with Crippen molar-refractivity contribution in [3.63, 3.8) is 0 Å². The topological polar surface area (TPSA) is 113 Å². The number of amides is 2. The van der Waals surface area contributed by atoms with Crippen molar-refractivity contribution in [3.05, 3.63) is 70.7 Å². The van der Waals surface area contributed by atoms with E-state index in [1.807, 2.05) is 60.1 Å². The molecule has 166 valence electrons. The van der Waals surface area contributed by atoms with Crippen molar-refractivity contribution in [2.24, 2.45) is 11.7 Å². The lowest BCUT2D eigenvalue weighted by atomic mass is 10.1. The SMILES string of the molecule is NC/C(=C\c1cccs1)C(=O)Nc1cccc2c(-c3ccnc(NC(=O)C4CC4)c3)c[nH]c12. The molecular weight excluding hydrogens is 434 g/mol. The predicted molar refractivity (Wildman–Crippen MR) is 133 cm³/mol. The summed E-state index contributed by atoms with van der Waals surface area (Å²) in [7, 11) is 0. The number of carbonyl (C=O) groups excluding carboxylic acids is 2. The molecule has 0 atom stereocenters. The molecule has 1 fully saturated rings. The molecule has 8 heteroatoms. The van der Waals surface area contributed by atoms with Crippen molar-refractivity contribution in [3.8, 4) is 11.1 Å². The van der Waals surface area contributed by atoms with Gasteiger partial charge in [-0.3, -0.25) is 9.59 Å². The Kier molecular flexibility index (Phi) is 5.77. The number of nitrogens with zero attached hydrogens (tertiary/aromatic N) is 1. The maximum absolute atomic E-state index is 12.9. The Morgan fingerprint density at radius 3 is 2.82 bits per heavy atom. The average Bonchev–Trinajstić information content (AvgIpc) is 3.38. The fourth-order valence-corrected chi connectivity index (χ4v) is 4.38. The van der Waals surface area contributed by atoms with Crippen molar-refractivity contribution in [1.29, 1.82) is 0 Å². The molecule has 33 heavy (non-hydrogen) atoms. The third kappa shape index (κ3) is 4.57. The first-order chi connectivity index (χ1) is 16.1. The lowest BCUT2D eigenvalue weighted by Gasteiger charge is -2.09. The van der Waals surface area contributed by atoms with Gasteiger partial charge >= 0.3 is 0 Å². The van der Waals surface area contributed by atoms with E-state index in [-0.39, 0.29) is 24.3 Å². The lowest BCUT2D eigenvalue weighted by Crippen LogP contribution is -2.20. The smallest absolute Gasteiger partial charge is 0.252 e. The van der Waals surface area contributed by atoms with E-state index >= 15 is 0 Å². The first kappa shape index (κ1) is 21.1. The van der Waals surface area contributed by atoms with Gasteiger partial charge in [0.25, 0.3) is 5.91 Å². The van der Waals surface area contributed by atoms with E-state index in [0.29, 0.717) is 17.1 Å². The Hall–Kier alpha value is -3.75. The summed E-state index contributed by atoms with van der Waals surface area (Å²) >= 11 is 1.55. The van der Waals surface area contributed by atoms with E-state index in [1.54, 1.807) is 17.5 Å². The first-order valence-corrected chi connectivity index (χ1v) is 11.6. The van der Waals surface area contributed by atoms with Crippen LogP contribution in [0.25, 0.3) is 28.1 Å². The molecule has 0 unspecified atom stereocenters. The number of H-pyrrole nitrogens is 1. The van der Waals surface area contributed by atoms with Crippen molar-refractivity contribution in [2.75, 3.05) is 17.2 Å². The van der Waals surface area contributed by atoms with E-state index in [2.05, 4.69) is 20.6 Å². The highest BCUT2D eigenvalue weighted by atomic mass is 32.1. The molecule has 0 aliphatic heterocycles. The van der Waals surface area contributed by atoms with Gasteiger partial charge in [0.15, 0.2) is 0 Å². The van der Waals surface area contributed by atoms with Gasteiger partial charge in [-0.05, 0) is 54.1 Å². The zero-order valence-electron chi connectivity index (χ0n) is 17.8. The molecule has 1 saturated carbocycles. The molecule has 1 aliphatic carbocycles. The number of thiophene rings is 1. The Labute approximate surface area is 194 Å². The number of benzene rings is 1. The van der Waals surface area contributed by atoms with Crippen molar-refractivity contribution in [2.45, 2.75) is 12.8 Å². The Balaban J connectivity index is 1.41. The second-order valence-corrected chi connectivity index (χ2v) is 8.95. The fourth-order valence-electron chi connectivity index (χ4n) is 3.70. The molecule has 0 bridgehead atoms. The quantitative estimate of drug-likeness (QED) is 0.303. The molecule has 3 heterocycles. The van der Waals surface area contributed by atoms with Crippen molar-refractivity contribution >= 4 is 51.6 Å². The summed E-state index contributed by atoms with van der Waals surface area (Å²) in [6.07, 6.45) is 7.28. The number of carbonyl (C=O) groups is 2. The third-order valence-electron chi connectivity index (χ3n) is 5.61. The molecule has 3 aromatic heterocycles. The van der Waals surface area contributed by atoms with Crippen LogP contribution in [0, 0.1) is 5.92 Å². The standard InChI is InChI=1S/C25H23N5O2S/c26-13-17(11-18-3-2-10-33-18)25(32)29-21-5-1-4-19-20(14-28-23(19)21)16-8-9-27-22(12-16)30-24(31)15-6-7-15/h1-5,8-12,14-15,28H,6-7,13,26H2,(H,29,32)(H,27,30,31)/b17-11+. The van der Waals surface area contributed by atoms with E-state index in [4.69, 9.17) is 5.73 Å². The summed E-state index contributed by atoms with van der Waals surface area (Å²) in [5, 5.41) is 8.79. The number of aromatic amines is 1. The molecule has 5 rings (SSSR count). The van der Waals surface area contributed by atoms with Crippen LogP contribution in [-0.4, -0.2) is 28.3 Å². The zero-order valence-corrected chi connectivity index (χ0v) is 18.6. The predicted octanol–water partition coefficient (Wildman–Crippen LogP) is 4.62. The van der Waals surface area contributed by atoms with Crippen LogP contribution in [0.1, 0.15) is 17.7 Å². The second-order valence-electron chi connectivity index (χ2n) is 7.97. The Morgan fingerprint density at radius 2 is 2.06 bits per heavy atom. The van der Waals surface area contributed by atoms with Gasteiger partial charge in [0.2, 0.25) is 5.91 Å². The number of para-hydroxylation sites is 1. The second kappa shape index (κ2) is 9.01. The van der Waals surface area contributed by atoms with Gasteiger partial charge in [-0.1, -0.05) is 18.2 Å². The molecular formula is C25H23N5O2S. The molecule has 2 amide bonds. The molecule has 1 aliphatic rings. The Morgan fingerprint density at radius 1 is 1.18 bits per heavy atom. The number of fused-ring (bicyclic) bond motifs is 1. The minimum Gasteiger partial charge on any atom is -0.359 e. The van der Waals surface area contributed by atoms with E-state index in [1.165, 1.54) is 0 Å². The van der Waals surface area contributed by atoms with Crippen molar-refractivity contribution in [1.82, 2.24) is 9.97 Å². The lowest BCUT2D eigenvalue weighted by molar-refractivity contribution is -0.117. The van der Waals surface area contributed by atoms with Gasteiger partial charge in [-0.15, -0.1) is 11.3 Å². The number of aromatic nitrogens is 2. The number of nitrogens with two attached hydrogens (primary N) is 1. The number of rotatable bonds is 7. The summed E-state index contributed by atoms with van der Waals surface area (Å²) in [6, 6.07) is 13.4. The van der Waals surface area contributed by atoms with Crippen LogP contribution in [0.4, 0.5) is 11.5 Å². The molecule has 0 saturated heterocycles. The van der Waals surface area contributed by atoms with Gasteiger partial charge in [0.1, 0.15) is 5.82 Å². The van der Waals surface area contributed by atoms with Crippen LogP contribution in [0.15, 0.2) is 65.8 Å². The molecule has 4 aromatic rings. The maximum Gasteiger partial charge on any atom is 0.252 e. The highest BCUT2D eigenvalue weighted by molar-refractivity contribution is 7.10. The van der Waals surface area contributed by atoms with E-state index in [0.717, 1.165) is 39.7 Å². The van der Waals surface area contributed by atoms with Crippen molar-refractivity contribution < 1.29 is 9.59 Å². The minimum atomic E-state index is -0.233. The van der Waals surface area contributed by atoms with Gasteiger partial charge in [-0.25, -0.2) is 4.98 Å². The van der Waals surface area contributed by atoms with Crippen LogP contribution in [-0.2, 0) is 9.59 Å². The van der Waals surface area contributed by atoms with E-state index < -0.39 is 0 Å².